The van der Waals surface area contributed by atoms with E-state index in [-0.39, 0.29) is 0 Å². The van der Waals surface area contributed by atoms with E-state index in [1.165, 1.54) is 12.3 Å². The number of rotatable bonds is 6. The first kappa shape index (κ1) is 19.0. The van der Waals surface area contributed by atoms with Gasteiger partial charge in [0.25, 0.3) is 0 Å². The summed E-state index contributed by atoms with van der Waals surface area (Å²) in [6, 6.07) is 2.32. The maximum absolute atomic E-state index is 12.7. The Morgan fingerprint density at radius 2 is 1.84 bits per heavy atom. The highest BCUT2D eigenvalue weighted by Gasteiger charge is 2.32. The number of nitrogens with zero attached hydrogens (tertiary/aromatic N) is 4. The van der Waals surface area contributed by atoms with Gasteiger partial charge in [-0.2, -0.15) is 18.2 Å². The van der Waals surface area contributed by atoms with Gasteiger partial charge >= 0.3 is 6.18 Å². The van der Waals surface area contributed by atoms with Crippen LogP contribution >= 0.6 is 0 Å². The highest BCUT2D eigenvalue weighted by atomic mass is 19.4. The molecule has 0 aliphatic rings. The number of nitrogens with two attached hydrogens (primary N) is 1. The predicted octanol–water partition coefficient (Wildman–Crippen LogP) is 4.15. The van der Waals surface area contributed by atoms with Gasteiger partial charge in [0.15, 0.2) is 0 Å². The van der Waals surface area contributed by atoms with E-state index in [1.54, 1.807) is 4.90 Å². The zero-order valence-electron chi connectivity index (χ0n) is 14.6. The van der Waals surface area contributed by atoms with Crippen molar-refractivity contribution in [1.82, 2.24) is 15.0 Å². The summed E-state index contributed by atoms with van der Waals surface area (Å²) in [5, 5.41) is 0. The number of pyridine rings is 1. The van der Waals surface area contributed by atoms with Crippen LogP contribution in [0.25, 0.3) is 0 Å². The van der Waals surface area contributed by atoms with Gasteiger partial charge < -0.3 is 10.6 Å². The minimum absolute atomic E-state index is 0.377. The highest BCUT2D eigenvalue weighted by Crippen LogP contribution is 2.30. The van der Waals surface area contributed by atoms with Crippen molar-refractivity contribution in [3.8, 4) is 0 Å². The molecule has 0 saturated heterocycles. The van der Waals surface area contributed by atoms with Crippen molar-refractivity contribution in [3.63, 3.8) is 0 Å². The second-order valence-corrected chi connectivity index (χ2v) is 5.58. The molecule has 8 heteroatoms. The van der Waals surface area contributed by atoms with Crippen LogP contribution < -0.4 is 10.6 Å². The fourth-order valence-electron chi connectivity index (χ4n) is 2.64. The summed E-state index contributed by atoms with van der Waals surface area (Å²) in [5.41, 5.74) is 7.43. The Morgan fingerprint density at radius 3 is 2.32 bits per heavy atom. The summed E-state index contributed by atoms with van der Waals surface area (Å²) in [6.45, 7) is 6.38. The first-order valence-electron chi connectivity index (χ1n) is 8.27. The van der Waals surface area contributed by atoms with E-state index in [4.69, 9.17) is 5.73 Å². The number of aryl methyl sites for hydroxylation is 1. The van der Waals surface area contributed by atoms with Gasteiger partial charge in [-0.05, 0) is 31.9 Å². The second kappa shape index (κ2) is 7.67. The minimum Gasteiger partial charge on any atom is -0.383 e. The molecule has 0 bridgehead atoms. The van der Waals surface area contributed by atoms with Crippen LogP contribution in [-0.4, -0.2) is 21.5 Å². The van der Waals surface area contributed by atoms with Crippen LogP contribution in [0.2, 0.25) is 0 Å². The van der Waals surface area contributed by atoms with E-state index >= 15 is 0 Å². The molecule has 2 N–H and O–H groups in total. The molecule has 0 aromatic carbocycles. The largest absolute Gasteiger partial charge is 0.433 e. The van der Waals surface area contributed by atoms with Crippen molar-refractivity contribution < 1.29 is 13.2 Å². The summed E-state index contributed by atoms with van der Waals surface area (Å²) < 4.78 is 38.0. The Balaban J connectivity index is 2.43. The van der Waals surface area contributed by atoms with Crippen molar-refractivity contribution in [2.24, 2.45) is 0 Å². The van der Waals surface area contributed by atoms with Gasteiger partial charge in [0.1, 0.15) is 11.5 Å². The SMILES string of the molecule is CCCc1nc(N(CC)c2ccc(C(F)(F)F)nc2)nc(N)c1CC. The van der Waals surface area contributed by atoms with E-state index in [0.29, 0.717) is 24.0 Å². The van der Waals surface area contributed by atoms with Crippen LogP contribution in [0.1, 0.15) is 44.1 Å². The minimum atomic E-state index is -4.46. The van der Waals surface area contributed by atoms with Crippen molar-refractivity contribution in [1.29, 1.82) is 0 Å². The van der Waals surface area contributed by atoms with Gasteiger partial charge in [-0.25, -0.2) is 9.97 Å². The Labute approximate surface area is 145 Å². The van der Waals surface area contributed by atoms with E-state index in [2.05, 4.69) is 21.9 Å². The highest BCUT2D eigenvalue weighted by molar-refractivity contribution is 5.59. The van der Waals surface area contributed by atoms with Gasteiger partial charge in [-0.15, -0.1) is 0 Å². The maximum atomic E-state index is 12.7. The lowest BCUT2D eigenvalue weighted by molar-refractivity contribution is -0.141. The molecular formula is C17H22F3N5. The first-order valence-corrected chi connectivity index (χ1v) is 8.27. The van der Waals surface area contributed by atoms with Crippen molar-refractivity contribution in [2.45, 2.75) is 46.2 Å². The third-order valence-corrected chi connectivity index (χ3v) is 3.86. The Hall–Kier alpha value is -2.38. The van der Waals surface area contributed by atoms with Gasteiger partial charge in [0.05, 0.1) is 17.6 Å². The van der Waals surface area contributed by atoms with Crippen molar-refractivity contribution in [2.75, 3.05) is 17.2 Å². The lowest BCUT2D eigenvalue weighted by Gasteiger charge is -2.23. The van der Waals surface area contributed by atoms with Crippen molar-refractivity contribution >= 4 is 17.5 Å². The number of anilines is 3. The summed E-state index contributed by atoms with van der Waals surface area (Å²) in [4.78, 5) is 14.1. The molecule has 0 aliphatic carbocycles. The van der Waals surface area contributed by atoms with Crippen LogP contribution in [0.4, 0.5) is 30.6 Å². The lowest BCUT2D eigenvalue weighted by Crippen LogP contribution is -2.21. The molecule has 0 unspecified atom stereocenters. The molecule has 0 amide bonds. The quantitative estimate of drug-likeness (QED) is 0.845. The van der Waals surface area contributed by atoms with Crippen molar-refractivity contribution in [3.05, 3.63) is 35.3 Å². The average molecular weight is 353 g/mol. The lowest BCUT2D eigenvalue weighted by atomic mass is 10.1. The molecule has 2 aromatic rings. The maximum Gasteiger partial charge on any atom is 0.433 e. The molecule has 0 fully saturated rings. The standard InChI is InChI=1S/C17H22F3N5/c1-4-7-13-12(5-2)15(21)24-16(23-13)25(6-3)11-8-9-14(22-10-11)17(18,19)20/h8-10H,4-7H2,1-3H3,(H2,21,23,24). The van der Waals surface area contributed by atoms with Gasteiger partial charge in [-0.3, -0.25) is 0 Å². The molecule has 25 heavy (non-hydrogen) atoms. The summed E-state index contributed by atoms with van der Waals surface area (Å²) >= 11 is 0. The third kappa shape index (κ3) is 4.18. The normalized spacial score (nSPS) is 11.6. The van der Waals surface area contributed by atoms with E-state index in [9.17, 15) is 13.2 Å². The van der Waals surface area contributed by atoms with Gasteiger partial charge in [0, 0.05) is 12.1 Å². The van der Waals surface area contributed by atoms with E-state index < -0.39 is 11.9 Å². The molecule has 0 radical (unpaired) electrons. The molecule has 0 aliphatic heterocycles. The van der Waals surface area contributed by atoms with Crippen LogP contribution in [0, 0.1) is 0 Å². The third-order valence-electron chi connectivity index (χ3n) is 3.86. The fraction of sp³-hybridized carbons (Fsp3) is 0.471. The molecular weight excluding hydrogens is 331 g/mol. The zero-order chi connectivity index (χ0) is 18.6. The molecule has 2 heterocycles. The smallest absolute Gasteiger partial charge is 0.383 e. The average Bonchev–Trinajstić information content (AvgIpc) is 2.55. The molecule has 0 spiro atoms. The first-order chi connectivity index (χ1) is 11.8. The van der Waals surface area contributed by atoms with Crippen LogP contribution in [0.15, 0.2) is 18.3 Å². The summed E-state index contributed by atoms with van der Waals surface area (Å²) in [7, 11) is 0. The van der Waals surface area contributed by atoms with E-state index in [0.717, 1.165) is 36.6 Å². The second-order valence-electron chi connectivity index (χ2n) is 5.58. The van der Waals surface area contributed by atoms with Gasteiger partial charge in [0.2, 0.25) is 5.95 Å². The monoisotopic (exact) mass is 353 g/mol. The summed E-state index contributed by atoms with van der Waals surface area (Å²) in [5.74, 6) is 0.788. The number of aromatic nitrogens is 3. The Bertz CT molecular complexity index is 713. The number of hydrogen-bond acceptors (Lipinski definition) is 5. The molecule has 2 aromatic heterocycles. The topological polar surface area (TPSA) is 67.9 Å². The zero-order valence-corrected chi connectivity index (χ0v) is 14.6. The molecule has 2 rings (SSSR count). The number of halogens is 3. The molecule has 0 saturated carbocycles. The van der Waals surface area contributed by atoms with Gasteiger partial charge in [-0.1, -0.05) is 20.3 Å². The number of hydrogen-bond donors (Lipinski definition) is 1. The molecule has 5 nitrogen and oxygen atoms in total. The van der Waals surface area contributed by atoms with Crippen LogP contribution in [0.5, 0.6) is 0 Å². The van der Waals surface area contributed by atoms with E-state index in [1.807, 2.05) is 13.8 Å². The summed E-state index contributed by atoms with van der Waals surface area (Å²) in [6.07, 6.45) is -0.870. The predicted molar refractivity (Wildman–Crippen MR) is 91.7 cm³/mol. The van der Waals surface area contributed by atoms with Crippen LogP contribution in [-0.2, 0) is 19.0 Å². The molecule has 136 valence electrons. The van der Waals surface area contributed by atoms with Crippen LogP contribution in [0.3, 0.4) is 0 Å². The Morgan fingerprint density at radius 1 is 1.12 bits per heavy atom. The Kier molecular flexibility index (Phi) is 5.81. The molecule has 0 atom stereocenters. The fourth-order valence-corrected chi connectivity index (χ4v) is 2.64. The number of nitrogen functional groups attached to an aromatic ring is 1. The number of alkyl halides is 3.